The zero-order chi connectivity index (χ0) is 13.5. The Hall–Kier alpha value is -1.47. The maximum atomic E-state index is 14.6. The van der Waals surface area contributed by atoms with Crippen LogP contribution in [0.25, 0.3) is 0 Å². The first-order valence-electron chi connectivity index (χ1n) is 5.67. The summed E-state index contributed by atoms with van der Waals surface area (Å²) in [5.74, 6) is -0.460. The molecular weight excluding hydrogens is 241 g/mol. The largest absolute Gasteiger partial charge is 0.394 e. The fraction of sp³-hybridized carbons (Fsp3) is 0.636. The van der Waals surface area contributed by atoms with Crippen molar-refractivity contribution in [2.24, 2.45) is 5.92 Å². The van der Waals surface area contributed by atoms with Gasteiger partial charge in [-0.3, -0.25) is 4.57 Å². The van der Waals surface area contributed by atoms with Crippen LogP contribution in [0.2, 0.25) is 0 Å². The van der Waals surface area contributed by atoms with Crippen molar-refractivity contribution >= 4 is 5.82 Å². The van der Waals surface area contributed by atoms with Gasteiger partial charge in [-0.2, -0.15) is 4.98 Å². The molecule has 4 atom stereocenters. The van der Waals surface area contributed by atoms with Gasteiger partial charge >= 0.3 is 5.69 Å². The van der Waals surface area contributed by atoms with E-state index in [1.165, 1.54) is 19.2 Å². The molecule has 0 saturated carbocycles. The first kappa shape index (κ1) is 13.0. The molecule has 0 bridgehead atoms. The van der Waals surface area contributed by atoms with E-state index in [-0.39, 0.29) is 12.4 Å². The number of hydrogen-bond acceptors (Lipinski definition) is 5. The molecule has 1 saturated heterocycles. The quantitative estimate of drug-likeness (QED) is 0.783. The van der Waals surface area contributed by atoms with Gasteiger partial charge in [0.15, 0.2) is 11.9 Å². The fourth-order valence-electron chi connectivity index (χ4n) is 2.15. The zero-order valence-corrected chi connectivity index (χ0v) is 10.2. The lowest BCUT2D eigenvalue weighted by atomic mass is 9.90. The molecule has 0 radical (unpaired) electrons. The Labute approximate surface area is 103 Å². The molecule has 0 amide bonds. The molecule has 1 aliphatic heterocycles. The Balaban J connectivity index is 2.42. The molecule has 1 aromatic heterocycles. The van der Waals surface area contributed by atoms with Gasteiger partial charge in [0, 0.05) is 12.1 Å². The van der Waals surface area contributed by atoms with E-state index < -0.39 is 29.6 Å². The Kier molecular flexibility index (Phi) is 3.12. The highest BCUT2D eigenvalue weighted by Gasteiger charge is 2.53. The molecule has 3 N–H and O–H groups in total. The lowest BCUT2D eigenvalue weighted by molar-refractivity contribution is -0.0610. The van der Waals surface area contributed by atoms with Crippen LogP contribution in [0.1, 0.15) is 20.1 Å². The van der Waals surface area contributed by atoms with E-state index in [0.29, 0.717) is 0 Å². The summed E-state index contributed by atoms with van der Waals surface area (Å²) in [5, 5.41) is 9.13. The van der Waals surface area contributed by atoms with Gasteiger partial charge in [0.05, 0.1) is 12.7 Å². The summed E-state index contributed by atoms with van der Waals surface area (Å²) >= 11 is 0. The number of nitrogens with zero attached hydrogens (tertiary/aromatic N) is 2. The van der Waals surface area contributed by atoms with Gasteiger partial charge in [0.2, 0.25) is 0 Å². The molecule has 100 valence electrons. The van der Waals surface area contributed by atoms with Crippen molar-refractivity contribution in [2.45, 2.75) is 31.8 Å². The molecule has 18 heavy (non-hydrogen) atoms. The smallest absolute Gasteiger partial charge is 0.351 e. The zero-order valence-electron chi connectivity index (χ0n) is 10.2. The average molecular weight is 257 g/mol. The Morgan fingerprint density at radius 3 is 2.89 bits per heavy atom. The summed E-state index contributed by atoms with van der Waals surface area (Å²) in [6.07, 6.45) is -0.403. The molecule has 6 nitrogen and oxygen atoms in total. The highest BCUT2D eigenvalue weighted by atomic mass is 19.1. The number of alkyl halides is 1. The predicted molar refractivity (Wildman–Crippen MR) is 62.6 cm³/mol. The number of aromatic nitrogens is 2. The lowest BCUT2D eigenvalue weighted by Crippen LogP contribution is -2.38. The average Bonchev–Trinajstić information content (AvgIpc) is 2.52. The van der Waals surface area contributed by atoms with E-state index in [1.54, 1.807) is 6.92 Å². The molecular formula is C11H16FN3O3. The number of rotatable bonds is 2. The van der Waals surface area contributed by atoms with Gasteiger partial charge in [-0.05, 0) is 13.0 Å². The van der Waals surface area contributed by atoms with E-state index >= 15 is 0 Å². The standard InChI is InChI=1S/C11H16FN3O3/c1-6-7(5-16)18-9(11(6,2)12)15-4-3-8(13)14-10(15)17/h3-4,6-7,9,16H,5H2,1-2H3,(H2,13,14,17)/t6?,7-,9-,11-/m1/s1. The van der Waals surface area contributed by atoms with E-state index in [0.717, 1.165) is 4.57 Å². The fourth-order valence-corrected chi connectivity index (χ4v) is 2.15. The van der Waals surface area contributed by atoms with Crippen LogP contribution in [0.4, 0.5) is 10.2 Å². The van der Waals surface area contributed by atoms with E-state index in [2.05, 4.69) is 4.98 Å². The lowest BCUT2D eigenvalue weighted by Gasteiger charge is -2.25. The maximum absolute atomic E-state index is 14.6. The summed E-state index contributed by atoms with van der Waals surface area (Å²) in [6, 6.07) is 1.40. The minimum absolute atomic E-state index is 0.0709. The molecule has 1 aliphatic rings. The van der Waals surface area contributed by atoms with Gasteiger partial charge in [-0.25, -0.2) is 9.18 Å². The van der Waals surface area contributed by atoms with E-state index in [9.17, 15) is 9.18 Å². The van der Waals surface area contributed by atoms with Gasteiger partial charge < -0.3 is 15.6 Å². The first-order chi connectivity index (χ1) is 8.37. The highest BCUT2D eigenvalue weighted by Crippen LogP contribution is 2.44. The van der Waals surface area contributed by atoms with Crippen LogP contribution in [0, 0.1) is 5.92 Å². The van der Waals surface area contributed by atoms with Crippen molar-refractivity contribution in [3.8, 4) is 0 Å². The number of hydrogen-bond donors (Lipinski definition) is 2. The topological polar surface area (TPSA) is 90.4 Å². The second-order valence-corrected chi connectivity index (χ2v) is 4.69. The molecule has 2 heterocycles. The Bertz CT molecular complexity index is 503. The molecule has 0 aliphatic carbocycles. The Morgan fingerprint density at radius 2 is 2.39 bits per heavy atom. The van der Waals surface area contributed by atoms with Crippen molar-refractivity contribution < 1.29 is 14.2 Å². The van der Waals surface area contributed by atoms with Crippen molar-refractivity contribution in [1.29, 1.82) is 0 Å². The molecule has 0 spiro atoms. The van der Waals surface area contributed by atoms with Crippen molar-refractivity contribution in [3.05, 3.63) is 22.7 Å². The van der Waals surface area contributed by atoms with Crippen LogP contribution in [-0.2, 0) is 4.74 Å². The van der Waals surface area contributed by atoms with Crippen molar-refractivity contribution in [2.75, 3.05) is 12.3 Å². The summed E-state index contributed by atoms with van der Waals surface area (Å²) < 4.78 is 21.1. The minimum Gasteiger partial charge on any atom is -0.394 e. The van der Waals surface area contributed by atoms with Gasteiger partial charge in [-0.15, -0.1) is 0 Å². The van der Waals surface area contributed by atoms with Crippen LogP contribution in [-0.4, -0.2) is 33.0 Å². The van der Waals surface area contributed by atoms with Gasteiger partial charge in [0.1, 0.15) is 5.82 Å². The third-order valence-corrected chi connectivity index (χ3v) is 3.52. The second-order valence-electron chi connectivity index (χ2n) is 4.69. The molecule has 2 rings (SSSR count). The third kappa shape index (κ3) is 1.89. The number of ether oxygens (including phenoxy) is 1. The van der Waals surface area contributed by atoms with E-state index in [4.69, 9.17) is 15.6 Å². The summed E-state index contributed by atoms with van der Waals surface area (Å²) in [4.78, 5) is 15.2. The summed E-state index contributed by atoms with van der Waals surface area (Å²) in [5.41, 5.74) is 2.94. The monoisotopic (exact) mass is 257 g/mol. The first-order valence-corrected chi connectivity index (χ1v) is 5.67. The number of anilines is 1. The summed E-state index contributed by atoms with van der Waals surface area (Å²) in [7, 11) is 0. The SMILES string of the molecule is CC1[C@@H](CO)O[C@@H](n2ccc(N)nc2=O)[C@]1(C)F. The van der Waals surface area contributed by atoms with Crippen LogP contribution < -0.4 is 11.4 Å². The third-order valence-electron chi connectivity index (χ3n) is 3.52. The molecule has 1 aromatic rings. The van der Waals surface area contributed by atoms with Crippen molar-refractivity contribution in [3.63, 3.8) is 0 Å². The number of aliphatic hydroxyl groups excluding tert-OH is 1. The number of nitrogen functional groups attached to an aromatic ring is 1. The van der Waals surface area contributed by atoms with Gasteiger partial charge in [-0.1, -0.05) is 6.92 Å². The van der Waals surface area contributed by atoms with Crippen LogP contribution >= 0.6 is 0 Å². The summed E-state index contributed by atoms with van der Waals surface area (Å²) in [6.45, 7) is 2.69. The van der Waals surface area contributed by atoms with Crippen LogP contribution in [0.3, 0.4) is 0 Å². The highest BCUT2D eigenvalue weighted by molar-refractivity contribution is 5.23. The number of halogens is 1. The second kappa shape index (κ2) is 4.33. The molecule has 1 unspecified atom stereocenters. The molecule has 0 aromatic carbocycles. The van der Waals surface area contributed by atoms with Crippen molar-refractivity contribution in [1.82, 2.24) is 9.55 Å². The molecule has 1 fully saturated rings. The normalized spacial score (nSPS) is 35.9. The Morgan fingerprint density at radius 1 is 1.72 bits per heavy atom. The van der Waals surface area contributed by atoms with Crippen LogP contribution in [0.15, 0.2) is 17.1 Å². The number of nitrogens with two attached hydrogens (primary N) is 1. The van der Waals surface area contributed by atoms with E-state index in [1.807, 2.05) is 0 Å². The number of aliphatic hydroxyl groups is 1. The van der Waals surface area contributed by atoms with Crippen LogP contribution in [0.5, 0.6) is 0 Å². The predicted octanol–water partition coefficient (Wildman–Crippen LogP) is 0.0795. The van der Waals surface area contributed by atoms with Gasteiger partial charge in [0.25, 0.3) is 0 Å². The minimum atomic E-state index is -1.77. The maximum Gasteiger partial charge on any atom is 0.351 e. The molecule has 7 heteroatoms.